The third-order valence-electron chi connectivity index (χ3n) is 1.67. The van der Waals surface area contributed by atoms with E-state index in [0.717, 1.165) is 5.13 Å². The smallest absolute Gasteiger partial charge is 0.186 e. The summed E-state index contributed by atoms with van der Waals surface area (Å²) in [5, 5.41) is 18.4. The number of aliphatic hydroxyl groups is 1. The van der Waals surface area contributed by atoms with Gasteiger partial charge >= 0.3 is 0 Å². The molecule has 0 radical (unpaired) electrons. The standard InChI is InChI=1S/C8H10ClN3OS/c1-12(4-2-3-10)8-11-7(9)6(5-13)14-8/h13H,2,4-5H2,1H3. The molecule has 4 nitrogen and oxygen atoms in total. The van der Waals surface area contributed by atoms with Crippen LogP contribution in [-0.4, -0.2) is 23.7 Å². The lowest BCUT2D eigenvalue weighted by atomic mass is 10.4. The molecular weight excluding hydrogens is 222 g/mol. The van der Waals surface area contributed by atoms with E-state index >= 15 is 0 Å². The number of aromatic nitrogens is 1. The van der Waals surface area contributed by atoms with Crippen molar-refractivity contribution in [3.63, 3.8) is 0 Å². The Hall–Kier alpha value is -0.830. The molecule has 1 aromatic heterocycles. The van der Waals surface area contributed by atoms with Crippen LogP contribution in [0.15, 0.2) is 0 Å². The summed E-state index contributed by atoms with van der Waals surface area (Å²) in [6, 6.07) is 2.06. The van der Waals surface area contributed by atoms with Crippen molar-refractivity contribution in [1.82, 2.24) is 4.98 Å². The summed E-state index contributed by atoms with van der Waals surface area (Å²) in [6.45, 7) is 0.522. The number of nitrogens with zero attached hydrogens (tertiary/aromatic N) is 3. The average molecular weight is 232 g/mol. The van der Waals surface area contributed by atoms with Gasteiger partial charge in [0.2, 0.25) is 0 Å². The van der Waals surface area contributed by atoms with Gasteiger partial charge in [-0.15, -0.1) is 0 Å². The summed E-state index contributed by atoms with van der Waals surface area (Å²) in [7, 11) is 1.84. The zero-order valence-corrected chi connectivity index (χ0v) is 9.27. The maximum absolute atomic E-state index is 8.90. The molecule has 1 heterocycles. The second-order valence-corrected chi connectivity index (χ2v) is 4.12. The average Bonchev–Trinajstić information content (AvgIpc) is 2.56. The molecule has 1 aromatic rings. The van der Waals surface area contributed by atoms with Gasteiger partial charge in [0.25, 0.3) is 0 Å². The Balaban J connectivity index is 2.71. The molecule has 0 aliphatic heterocycles. The topological polar surface area (TPSA) is 60.2 Å². The van der Waals surface area contributed by atoms with Crippen LogP contribution in [0.3, 0.4) is 0 Å². The lowest BCUT2D eigenvalue weighted by Crippen LogP contribution is -2.17. The summed E-state index contributed by atoms with van der Waals surface area (Å²) < 4.78 is 0. The first-order valence-corrected chi connectivity index (χ1v) is 5.22. The molecule has 0 spiro atoms. The van der Waals surface area contributed by atoms with Crippen molar-refractivity contribution in [3.05, 3.63) is 10.0 Å². The van der Waals surface area contributed by atoms with Gasteiger partial charge in [-0.05, 0) is 0 Å². The van der Waals surface area contributed by atoms with E-state index in [1.165, 1.54) is 11.3 Å². The van der Waals surface area contributed by atoms with Crippen LogP contribution in [0.4, 0.5) is 5.13 Å². The summed E-state index contributed by atoms with van der Waals surface area (Å²) in [5.41, 5.74) is 0. The quantitative estimate of drug-likeness (QED) is 0.856. The number of thiazole rings is 1. The van der Waals surface area contributed by atoms with Gasteiger partial charge in [0.1, 0.15) is 5.15 Å². The Morgan fingerprint density at radius 3 is 2.93 bits per heavy atom. The molecule has 14 heavy (non-hydrogen) atoms. The highest BCUT2D eigenvalue weighted by Gasteiger charge is 2.11. The Labute approximate surface area is 91.4 Å². The maximum Gasteiger partial charge on any atom is 0.186 e. The van der Waals surface area contributed by atoms with Gasteiger partial charge < -0.3 is 10.0 Å². The predicted octanol–water partition coefficient (Wildman–Crippen LogP) is 1.64. The first-order chi connectivity index (χ1) is 6.69. The molecule has 1 rings (SSSR count). The molecule has 0 aromatic carbocycles. The number of aliphatic hydroxyl groups excluding tert-OH is 1. The molecule has 0 aliphatic carbocycles. The van der Waals surface area contributed by atoms with Gasteiger partial charge in [-0.3, -0.25) is 0 Å². The highest BCUT2D eigenvalue weighted by atomic mass is 35.5. The van der Waals surface area contributed by atoms with Gasteiger partial charge in [-0.1, -0.05) is 22.9 Å². The Kier molecular flexibility index (Phi) is 4.14. The highest BCUT2D eigenvalue weighted by molar-refractivity contribution is 7.16. The zero-order chi connectivity index (χ0) is 10.6. The molecule has 0 saturated heterocycles. The highest BCUT2D eigenvalue weighted by Crippen LogP contribution is 2.28. The van der Waals surface area contributed by atoms with Crippen LogP contribution in [-0.2, 0) is 6.61 Å². The van der Waals surface area contributed by atoms with Crippen LogP contribution >= 0.6 is 22.9 Å². The van der Waals surface area contributed by atoms with Crippen LogP contribution in [0.1, 0.15) is 11.3 Å². The number of halogens is 1. The monoisotopic (exact) mass is 231 g/mol. The minimum atomic E-state index is -0.0947. The first kappa shape index (κ1) is 11.2. The van der Waals surface area contributed by atoms with E-state index in [0.29, 0.717) is 23.0 Å². The van der Waals surface area contributed by atoms with E-state index in [9.17, 15) is 0 Å². The molecule has 0 aliphatic rings. The summed E-state index contributed by atoms with van der Waals surface area (Å²) in [5.74, 6) is 0. The van der Waals surface area contributed by atoms with Crippen molar-refractivity contribution >= 4 is 28.1 Å². The van der Waals surface area contributed by atoms with Crippen molar-refractivity contribution in [2.24, 2.45) is 0 Å². The molecule has 76 valence electrons. The normalized spacial score (nSPS) is 9.86. The summed E-state index contributed by atoms with van der Waals surface area (Å²) >= 11 is 7.11. The Bertz CT molecular complexity index is 347. The fourth-order valence-electron chi connectivity index (χ4n) is 0.896. The minimum Gasteiger partial charge on any atom is -0.391 e. The largest absolute Gasteiger partial charge is 0.391 e. The van der Waals surface area contributed by atoms with E-state index in [1.807, 2.05) is 11.9 Å². The Morgan fingerprint density at radius 2 is 2.43 bits per heavy atom. The van der Waals surface area contributed by atoms with Gasteiger partial charge in [0.15, 0.2) is 5.13 Å². The number of nitriles is 1. The van der Waals surface area contributed by atoms with Crippen molar-refractivity contribution in [1.29, 1.82) is 5.26 Å². The molecule has 0 atom stereocenters. The van der Waals surface area contributed by atoms with E-state index in [2.05, 4.69) is 11.1 Å². The number of anilines is 1. The molecule has 0 saturated carbocycles. The number of hydrogen-bond donors (Lipinski definition) is 1. The third kappa shape index (κ3) is 2.58. The lowest BCUT2D eigenvalue weighted by molar-refractivity contribution is 0.285. The van der Waals surface area contributed by atoms with Crippen molar-refractivity contribution in [2.75, 3.05) is 18.5 Å². The van der Waals surface area contributed by atoms with Gasteiger partial charge in [-0.25, -0.2) is 4.98 Å². The summed E-state index contributed by atoms with van der Waals surface area (Å²) in [6.07, 6.45) is 0.447. The SMILES string of the molecule is CN(CCC#N)c1nc(Cl)c(CO)s1. The van der Waals surface area contributed by atoms with Crippen LogP contribution in [0, 0.1) is 11.3 Å². The number of rotatable bonds is 4. The van der Waals surface area contributed by atoms with E-state index in [-0.39, 0.29) is 6.61 Å². The van der Waals surface area contributed by atoms with E-state index in [4.69, 9.17) is 22.0 Å². The van der Waals surface area contributed by atoms with E-state index < -0.39 is 0 Å². The van der Waals surface area contributed by atoms with Gasteiger partial charge in [0, 0.05) is 13.6 Å². The second kappa shape index (κ2) is 5.15. The first-order valence-electron chi connectivity index (χ1n) is 4.03. The molecule has 6 heteroatoms. The van der Waals surface area contributed by atoms with Crippen molar-refractivity contribution in [3.8, 4) is 6.07 Å². The molecule has 1 N–H and O–H groups in total. The molecule has 0 fully saturated rings. The second-order valence-electron chi connectivity index (χ2n) is 2.70. The zero-order valence-electron chi connectivity index (χ0n) is 7.70. The third-order valence-corrected chi connectivity index (χ3v) is 3.25. The minimum absolute atomic E-state index is 0.0947. The van der Waals surface area contributed by atoms with E-state index in [1.54, 1.807) is 0 Å². The Morgan fingerprint density at radius 1 is 1.71 bits per heavy atom. The number of hydrogen-bond acceptors (Lipinski definition) is 5. The van der Waals surface area contributed by atoms with Gasteiger partial charge in [-0.2, -0.15) is 5.26 Å². The van der Waals surface area contributed by atoms with Crippen LogP contribution in [0.25, 0.3) is 0 Å². The van der Waals surface area contributed by atoms with Crippen molar-refractivity contribution in [2.45, 2.75) is 13.0 Å². The van der Waals surface area contributed by atoms with Crippen molar-refractivity contribution < 1.29 is 5.11 Å². The van der Waals surface area contributed by atoms with Crippen LogP contribution in [0.2, 0.25) is 5.15 Å². The molecule has 0 amide bonds. The lowest BCUT2D eigenvalue weighted by Gasteiger charge is -2.12. The van der Waals surface area contributed by atoms with Gasteiger partial charge in [0.05, 0.1) is 24.0 Å². The van der Waals surface area contributed by atoms with Crippen LogP contribution < -0.4 is 4.90 Å². The summed E-state index contributed by atoms with van der Waals surface area (Å²) in [4.78, 5) is 6.58. The predicted molar refractivity (Wildman–Crippen MR) is 56.5 cm³/mol. The molecule has 0 unspecified atom stereocenters. The molecular formula is C8H10ClN3OS. The van der Waals surface area contributed by atoms with Crippen LogP contribution in [0.5, 0.6) is 0 Å². The fraction of sp³-hybridized carbons (Fsp3) is 0.500. The molecule has 0 bridgehead atoms. The maximum atomic E-state index is 8.90. The fourth-order valence-corrected chi connectivity index (χ4v) is 2.00.